The summed E-state index contributed by atoms with van der Waals surface area (Å²) in [4.78, 5) is 0. The summed E-state index contributed by atoms with van der Waals surface area (Å²) < 4.78 is 7.91. The van der Waals surface area contributed by atoms with Crippen LogP contribution < -0.4 is 10.5 Å². The molecular weight excluding hydrogens is 340 g/mol. The van der Waals surface area contributed by atoms with Gasteiger partial charge in [0.1, 0.15) is 5.75 Å². The molecule has 146 valence electrons. The van der Waals surface area contributed by atoms with Gasteiger partial charge in [0.15, 0.2) is 5.84 Å². The van der Waals surface area contributed by atoms with E-state index >= 15 is 0 Å². The number of nitrogens with two attached hydrogens (primary N) is 1. The van der Waals surface area contributed by atoms with E-state index in [1.807, 2.05) is 25.1 Å². The van der Waals surface area contributed by atoms with Crippen LogP contribution in [0.3, 0.4) is 0 Å². The first kappa shape index (κ1) is 20.6. The summed E-state index contributed by atoms with van der Waals surface area (Å²) in [6.07, 6.45) is 13.7. The predicted octanol–water partition coefficient (Wildman–Crippen LogP) is 4.89. The number of fused-ring (bicyclic) bond motifs is 1. The van der Waals surface area contributed by atoms with Gasteiger partial charge in [-0.1, -0.05) is 50.1 Å². The zero-order chi connectivity index (χ0) is 19.6. The van der Waals surface area contributed by atoms with Crippen LogP contribution in [0, 0.1) is 0 Å². The van der Waals surface area contributed by atoms with Gasteiger partial charge in [-0.3, -0.25) is 4.68 Å². The molecule has 0 unspecified atom stereocenters. The number of aromatic nitrogens is 2. The summed E-state index contributed by atoms with van der Waals surface area (Å²) in [5.74, 6) is 0.852. The van der Waals surface area contributed by atoms with Crippen LogP contribution in [0.4, 0.5) is 0 Å². The molecule has 1 aromatic carbocycles. The molecule has 0 aliphatic rings. The lowest BCUT2D eigenvalue weighted by Crippen LogP contribution is -2.09. The molecule has 0 fully saturated rings. The Balaban J connectivity index is 2.37. The summed E-state index contributed by atoms with van der Waals surface area (Å²) in [6, 6.07) is 4.52. The smallest absolute Gasteiger partial charge is 0.162 e. The molecule has 6 heteroatoms. The Morgan fingerprint density at radius 2 is 2.00 bits per heavy atom. The molecule has 1 heterocycles. The van der Waals surface area contributed by atoms with Crippen molar-refractivity contribution >= 4 is 22.8 Å². The first-order valence-electron chi connectivity index (χ1n) is 9.60. The van der Waals surface area contributed by atoms with Gasteiger partial charge in [-0.15, -0.1) is 0 Å². The average molecular weight is 370 g/mol. The minimum Gasteiger partial charge on any atom is -0.493 e. The van der Waals surface area contributed by atoms with Gasteiger partial charge in [0.25, 0.3) is 0 Å². The maximum absolute atomic E-state index is 8.57. The zero-order valence-electron chi connectivity index (χ0n) is 16.4. The fourth-order valence-corrected chi connectivity index (χ4v) is 3.11. The lowest BCUT2D eigenvalue weighted by Gasteiger charge is -2.15. The second-order valence-electron chi connectivity index (χ2n) is 6.47. The molecule has 2 rings (SSSR count). The number of nitrogens with zero attached hydrogens (tertiary/aromatic N) is 3. The number of hydrogen-bond donors (Lipinski definition) is 2. The predicted molar refractivity (Wildman–Crippen MR) is 111 cm³/mol. The average Bonchev–Trinajstić information content (AvgIpc) is 3.07. The van der Waals surface area contributed by atoms with Crippen LogP contribution in [0.1, 0.15) is 58.1 Å². The number of ether oxygens (including phenoxy) is 1. The Hall–Kier alpha value is -2.76. The maximum atomic E-state index is 8.57. The van der Waals surface area contributed by atoms with Gasteiger partial charge in [0, 0.05) is 23.2 Å². The third-order valence-corrected chi connectivity index (χ3v) is 4.34. The first-order chi connectivity index (χ1) is 13.1. The number of allylic oxidation sites excluding steroid dienone is 2. The summed E-state index contributed by atoms with van der Waals surface area (Å²) in [5, 5.41) is 17.4. The maximum Gasteiger partial charge on any atom is 0.162 e. The molecule has 0 radical (unpaired) electrons. The molecule has 0 spiro atoms. The van der Waals surface area contributed by atoms with Gasteiger partial charge in [0.2, 0.25) is 0 Å². The van der Waals surface area contributed by atoms with Crippen molar-refractivity contribution < 1.29 is 9.94 Å². The molecule has 1 aromatic heterocycles. The topological polar surface area (TPSA) is 85.7 Å². The SMILES string of the molecule is CCCC(CCC)n1cc2cc(/C=C/C=C\C(N)=N\O)c(OCC)cc2n1. The number of oxime groups is 1. The van der Waals surface area contributed by atoms with Crippen molar-refractivity contribution in [3.05, 3.63) is 42.1 Å². The molecule has 0 aliphatic heterocycles. The summed E-state index contributed by atoms with van der Waals surface area (Å²) in [6.45, 7) is 6.97. The zero-order valence-corrected chi connectivity index (χ0v) is 16.4. The number of benzene rings is 1. The number of hydrogen-bond acceptors (Lipinski definition) is 4. The highest BCUT2D eigenvalue weighted by Crippen LogP contribution is 2.29. The van der Waals surface area contributed by atoms with E-state index in [0.717, 1.165) is 47.9 Å². The van der Waals surface area contributed by atoms with E-state index in [4.69, 9.17) is 20.8 Å². The molecule has 27 heavy (non-hydrogen) atoms. The minimum atomic E-state index is 0.0549. The van der Waals surface area contributed by atoms with E-state index in [2.05, 4.69) is 35.9 Å². The molecular formula is C21H30N4O2. The highest BCUT2D eigenvalue weighted by Gasteiger charge is 2.13. The van der Waals surface area contributed by atoms with Gasteiger partial charge in [-0.2, -0.15) is 5.10 Å². The number of amidine groups is 1. The molecule has 6 nitrogen and oxygen atoms in total. The molecule has 0 atom stereocenters. The third-order valence-electron chi connectivity index (χ3n) is 4.34. The fourth-order valence-electron chi connectivity index (χ4n) is 3.11. The van der Waals surface area contributed by atoms with E-state index in [1.165, 1.54) is 6.08 Å². The molecule has 3 N–H and O–H groups in total. The van der Waals surface area contributed by atoms with E-state index in [-0.39, 0.29) is 5.84 Å². The van der Waals surface area contributed by atoms with Crippen LogP contribution >= 0.6 is 0 Å². The molecule has 0 aliphatic carbocycles. The molecule has 0 saturated heterocycles. The van der Waals surface area contributed by atoms with Crippen LogP contribution in [0.15, 0.2) is 41.7 Å². The van der Waals surface area contributed by atoms with Crippen LogP contribution in [-0.2, 0) is 0 Å². The molecule has 0 bridgehead atoms. The monoisotopic (exact) mass is 370 g/mol. The van der Waals surface area contributed by atoms with Crippen LogP contribution in [0.25, 0.3) is 17.0 Å². The van der Waals surface area contributed by atoms with E-state index < -0.39 is 0 Å². The Kier molecular flexibility index (Phi) is 7.92. The van der Waals surface area contributed by atoms with Crippen molar-refractivity contribution in [2.24, 2.45) is 10.9 Å². The van der Waals surface area contributed by atoms with Crippen molar-refractivity contribution in [1.82, 2.24) is 9.78 Å². The largest absolute Gasteiger partial charge is 0.493 e. The van der Waals surface area contributed by atoms with Crippen molar-refractivity contribution in [2.45, 2.75) is 52.5 Å². The van der Waals surface area contributed by atoms with Crippen LogP contribution in [-0.4, -0.2) is 27.4 Å². The second kappa shape index (κ2) is 10.4. The third kappa shape index (κ3) is 5.61. The van der Waals surface area contributed by atoms with Crippen molar-refractivity contribution in [3.63, 3.8) is 0 Å². The van der Waals surface area contributed by atoms with Crippen molar-refractivity contribution in [3.8, 4) is 5.75 Å². The van der Waals surface area contributed by atoms with Crippen LogP contribution in [0.5, 0.6) is 5.75 Å². The number of rotatable bonds is 10. The van der Waals surface area contributed by atoms with Gasteiger partial charge in [-0.05, 0) is 31.9 Å². The van der Waals surface area contributed by atoms with Crippen molar-refractivity contribution in [2.75, 3.05) is 6.61 Å². The molecule has 2 aromatic rings. The highest BCUT2D eigenvalue weighted by atomic mass is 16.5. The van der Waals surface area contributed by atoms with Gasteiger partial charge in [-0.25, -0.2) is 0 Å². The Morgan fingerprint density at radius 3 is 2.63 bits per heavy atom. The van der Waals surface area contributed by atoms with Gasteiger partial charge < -0.3 is 15.7 Å². The first-order valence-corrected chi connectivity index (χ1v) is 9.60. The van der Waals surface area contributed by atoms with E-state index in [0.29, 0.717) is 12.6 Å². The Labute approximate surface area is 161 Å². The quantitative estimate of drug-likeness (QED) is 0.205. The second-order valence-corrected chi connectivity index (χ2v) is 6.47. The normalized spacial score (nSPS) is 12.8. The van der Waals surface area contributed by atoms with Gasteiger partial charge >= 0.3 is 0 Å². The van der Waals surface area contributed by atoms with Crippen LogP contribution in [0.2, 0.25) is 0 Å². The summed E-state index contributed by atoms with van der Waals surface area (Å²) in [5.41, 5.74) is 7.34. The van der Waals surface area contributed by atoms with Gasteiger partial charge in [0.05, 0.1) is 18.2 Å². The highest BCUT2D eigenvalue weighted by molar-refractivity contribution is 5.91. The summed E-state index contributed by atoms with van der Waals surface area (Å²) >= 11 is 0. The standard InChI is InChI=1S/C21H30N4O2/c1-4-9-18(10-5-2)25-15-17-13-16(11-7-8-12-21(22)24-26)20(27-6-3)14-19(17)23-25/h7-8,11-15,18,26H,4-6,9-10H2,1-3H3,(H2,22,24)/b11-7+,12-8-. The minimum absolute atomic E-state index is 0.0549. The summed E-state index contributed by atoms with van der Waals surface area (Å²) in [7, 11) is 0. The molecule has 0 amide bonds. The van der Waals surface area contributed by atoms with Crippen molar-refractivity contribution in [1.29, 1.82) is 0 Å². The lowest BCUT2D eigenvalue weighted by molar-refractivity contribution is 0.319. The Bertz CT molecular complexity index is 815. The van der Waals surface area contributed by atoms with E-state index in [1.54, 1.807) is 6.08 Å². The molecule has 0 saturated carbocycles. The Morgan fingerprint density at radius 1 is 1.26 bits per heavy atom. The van der Waals surface area contributed by atoms with E-state index in [9.17, 15) is 0 Å². The fraction of sp³-hybridized carbons (Fsp3) is 0.429. The lowest BCUT2D eigenvalue weighted by atomic mass is 10.1.